The maximum absolute atomic E-state index is 11.4. The van der Waals surface area contributed by atoms with Crippen molar-refractivity contribution in [1.29, 1.82) is 0 Å². The molecule has 88 valence electrons. The van der Waals surface area contributed by atoms with E-state index in [0.717, 1.165) is 0 Å². The van der Waals surface area contributed by atoms with Gasteiger partial charge in [-0.05, 0) is 23.8 Å². The van der Waals surface area contributed by atoms with Crippen LogP contribution in [0.25, 0.3) is 11.1 Å². The molecular formula is C10H9N3O3S. The van der Waals surface area contributed by atoms with Crippen LogP contribution in [0.1, 0.15) is 0 Å². The molecule has 0 spiro atoms. The summed E-state index contributed by atoms with van der Waals surface area (Å²) >= 11 is 0. The molecule has 7 heteroatoms. The van der Waals surface area contributed by atoms with Crippen LogP contribution in [-0.2, 0) is 10.0 Å². The Morgan fingerprint density at radius 2 is 1.76 bits per heavy atom. The molecule has 1 aromatic carbocycles. The highest BCUT2D eigenvalue weighted by Gasteiger charge is 2.08. The Balaban J connectivity index is 2.51. The van der Waals surface area contributed by atoms with E-state index in [2.05, 4.69) is 10.2 Å². The predicted octanol–water partition coefficient (Wildman–Crippen LogP) is 0.0843. The molecular weight excluding hydrogens is 242 g/mol. The first-order valence-electron chi connectivity index (χ1n) is 4.65. The third-order valence-corrected chi connectivity index (χ3v) is 3.15. The fourth-order valence-corrected chi connectivity index (χ4v) is 1.91. The number of H-pyrrole nitrogens is 1. The molecule has 3 N–H and O–H groups in total. The van der Waals surface area contributed by atoms with Crippen LogP contribution in [0.2, 0.25) is 0 Å². The van der Waals surface area contributed by atoms with E-state index in [1.165, 1.54) is 30.5 Å². The fraction of sp³-hybridized carbons (Fsp3) is 0. The summed E-state index contributed by atoms with van der Waals surface area (Å²) in [5.41, 5.74) is 0.679. The summed E-state index contributed by atoms with van der Waals surface area (Å²) in [4.78, 5) is 11.4. The van der Waals surface area contributed by atoms with E-state index < -0.39 is 10.0 Å². The molecule has 0 unspecified atom stereocenters. The average Bonchev–Trinajstić information content (AvgIpc) is 2.29. The van der Waals surface area contributed by atoms with E-state index in [1.54, 1.807) is 6.07 Å². The Labute approximate surface area is 97.2 Å². The van der Waals surface area contributed by atoms with Crippen LogP contribution in [0.4, 0.5) is 0 Å². The Bertz CT molecular complexity index is 689. The molecule has 0 bridgehead atoms. The number of primary sulfonamides is 1. The lowest BCUT2D eigenvalue weighted by Gasteiger charge is -2.01. The number of sulfonamides is 1. The largest absolute Gasteiger partial charge is 0.272 e. The minimum absolute atomic E-state index is 0.00624. The lowest BCUT2D eigenvalue weighted by atomic mass is 10.1. The molecule has 17 heavy (non-hydrogen) atoms. The molecule has 0 aliphatic heterocycles. The highest BCUT2D eigenvalue weighted by atomic mass is 32.2. The summed E-state index contributed by atoms with van der Waals surface area (Å²) < 4.78 is 22.1. The maximum atomic E-state index is 11.4. The summed E-state index contributed by atoms with van der Waals surface area (Å²) in [5, 5.41) is 10.8. The Morgan fingerprint density at radius 3 is 2.29 bits per heavy atom. The lowest BCUT2D eigenvalue weighted by Crippen LogP contribution is -2.12. The molecule has 6 nitrogen and oxygen atoms in total. The van der Waals surface area contributed by atoms with Crippen molar-refractivity contribution in [1.82, 2.24) is 10.2 Å². The second-order valence-corrected chi connectivity index (χ2v) is 4.93. The Morgan fingerprint density at radius 1 is 1.12 bits per heavy atom. The number of nitrogens with zero attached hydrogens (tertiary/aromatic N) is 1. The van der Waals surface area contributed by atoms with Crippen molar-refractivity contribution >= 4 is 10.0 Å². The van der Waals surface area contributed by atoms with Crippen LogP contribution in [-0.4, -0.2) is 18.6 Å². The van der Waals surface area contributed by atoms with Gasteiger partial charge in [-0.15, -0.1) is 0 Å². The molecule has 1 aromatic heterocycles. The van der Waals surface area contributed by atoms with Gasteiger partial charge in [0.1, 0.15) is 0 Å². The van der Waals surface area contributed by atoms with Gasteiger partial charge in [0.15, 0.2) is 0 Å². The van der Waals surface area contributed by atoms with Crippen LogP contribution in [0.3, 0.4) is 0 Å². The molecule has 0 aliphatic carbocycles. The molecule has 0 saturated carbocycles. The monoisotopic (exact) mass is 251 g/mol. The van der Waals surface area contributed by atoms with E-state index >= 15 is 0 Å². The molecule has 0 fully saturated rings. The van der Waals surface area contributed by atoms with Gasteiger partial charge in [0.25, 0.3) is 5.56 Å². The zero-order chi connectivity index (χ0) is 12.5. The van der Waals surface area contributed by atoms with Crippen molar-refractivity contribution < 1.29 is 8.42 Å². The van der Waals surface area contributed by atoms with Crippen molar-refractivity contribution in [3.8, 4) is 11.1 Å². The molecule has 0 radical (unpaired) electrons. The number of nitrogens with two attached hydrogens (primary N) is 1. The first-order chi connectivity index (χ1) is 7.98. The zero-order valence-electron chi connectivity index (χ0n) is 8.62. The van der Waals surface area contributed by atoms with Crippen molar-refractivity contribution in [2.45, 2.75) is 4.90 Å². The number of hydrogen-bond donors (Lipinski definition) is 2. The van der Waals surface area contributed by atoms with E-state index in [4.69, 9.17) is 5.14 Å². The van der Waals surface area contributed by atoms with Crippen LogP contribution >= 0.6 is 0 Å². The molecule has 0 atom stereocenters. The van der Waals surface area contributed by atoms with Crippen LogP contribution < -0.4 is 10.7 Å². The standard InChI is InChI=1S/C10H9N3O3S/c11-17(15,16)8-3-1-7(2-4-8)9-5-6-12-13-10(9)14/h1-6H,(H,13,14)(H2,11,15,16). The summed E-state index contributed by atoms with van der Waals surface area (Å²) in [5.74, 6) is 0. The van der Waals surface area contributed by atoms with Crippen molar-refractivity contribution in [3.05, 3.63) is 46.9 Å². The number of aromatic nitrogens is 2. The van der Waals surface area contributed by atoms with Gasteiger partial charge >= 0.3 is 0 Å². The second-order valence-electron chi connectivity index (χ2n) is 3.37. The van der Waals surface area contributed by atoms with E-state index in [-0.39, 0.29) is 10.5 Å². The van der Waals surface area contributed by atoms with Gasteiger partial charge in [0, 0.05) is 11.8 Å². The van der Waals surface area contributed by atoms with Crippen LogP contribution in [0, 0.1) is 0 Å². The Kier molecular flexibility index (Phi) is 2.78. The van der Waals surface area contributed by atoms with Gasteiger partial charge in [-0.2, -0.15) is 5.10 Å². The first-order valence-corrected chi connectivity index (χ1v) is 6.20. The van der Waals surface area contributed by atoms with Gasteiger partial charge in [0.2, 0.25) is 10.0 Å². The van der Waals surface area contributed by atoms with Crippen molar-refractivity contribution in [2.75, 3.05) is 0 Å². The maximum Gasteiger partial charge on any atom is 0.272 e. The minimum Gasteiger partial charge on any atom is -0.267 e. The van der Waals surface area contributed by atoms with Crippen molar-refractivity contribution in [3.63, 3.8) is 0 Å². The fourth-order valence-electron chi connectivity index (χ4n) is 1.40. The minimum atomic E-state index is -3.71. The molecule has 2 aromatic rings. The summed E-state index contributed by atoms with van der Waals surface area (Å²) in [6.07, 6.45) is 1.45. The van der Waals surface area contributed by atoms with E-state index in [9.17, 15) is 13.2 Å². The van der Waals surface area contributed by atoms with Crippen molar-refractivity contribution in [2.24, 2.45) is 5.14 Å². The average molecular weight is 251 g/mol. The third kappa shape index (κ3) is 2.40. The van der Waals surface area contributed by atoms with Gasteiger partial charge in [-0.3, -0.25) is 4.79 Å². The van der Waals surface area contributed by atoms with E-state index in [0.29, 0.717) is 11.1 Å². The van der Waals surface area contributed by atoms with Crippen LogP contribution in [0.15, 0.2) is 46.2 Å². The van der Waals surface area contributed by atoms with Gasteiger partial charge in [-0.1, -0.05) is 12.1 Å². The topological polar surface area (TPSA) is 106 Å². The van der Waals surface area contributed by atoms with Gasteiger partial charge in [0.05, 0.1) is 4.90 Å². The Hall–Kier alpha value is -1.99. The van der Waals surface area contributed by atoms with Crippen LogP contribution in [0.5, 0.6) is 0 Å². The molecule has 0 saturated heterocycles. The number of hydrogen-bond acceptors (Lipinski definition) is 4. The molecule has 1 heterocycles. The highest BCUT2D eigenvalue weighted by Crippen LogP contribution is 2.16. The van der Waals surface area contributed by atoms with Gasteiger partial charge < -0.3 is 0 Å². The number of aromatic amines is 1. The SMILES string of the molecule is NS(=O)(=O)c1ccc(-c2ccn[nH]c2=O)cc1. The quantitative estimate of drug-likeness (QED) is 0.788. The van der Waals surface area contributed by atoms with Gasteiger partial charge in [-0.25, -0.2) is 18.7 Å². The zero-order valence-corrected chi connectivity index (χ0v) is 9.44. The second kappa shape index (κ2) is 4.11. The third-order valence-electron chi connectivity index (χ3n) is 2.22. The summed E-state index contributed by atoms with van der Waals surface area (Å²) in [6.45, 7) is 0. The number of benzene rings is 1. The number of rotatable bonds is 2. The summed E-state index contributed by atoms with van der Waals surface area (Å²) in [7, 11) is -3.71. The van der Waals surface area contributed by atoms with E-state index in [1.807, 2.05) is 0 Å². The number of nitrogens with one attached hydrogen (secondary N) is 1. The smallest absolute Gasteiger partial charge is 0.267 e. The highest BCUT2D eigenvalue weighted by molar-refractivity contribution is 7.89. The predicted molar refractivity (Wildman–Crippen MR) is 61.7 cm³/mol. The molecule has 2 rings (SSSR count). The lowest BCUT2D eigenvalue weighted by molar-refractivity contribution is 0.598. The summed E-state index contributed by atoms with van der Waals surface area (Å²) in [6, 6.07) is 7.29. The normalized spacial score (nSPS) is 11.4. The first kappa shape index (κ1) is 11.5. The molecule has 0 aliphatic rings. The molecule has 0 amide bonds.